The summed E-state index contributed by atoms with van der Waals surface area (Å²) in [5, 5.41) is 2.27. The predicted molar refractivity (Wildman–Crippen MR) is 81.5 cm³/mol. The number of carbonyl (C=O) groups is 1. The third-order valence-corrected chi connectivity index (χ3v) is 4.71. The van der Waals surface area contributed by atoms with E-state index < -0.39 is 18.1 Å². The summed E-state index contributed by atoms with van der Waals surface area (Å²) in [6, 6.07) is 7.94. The van der Waals surface area contributed by atoms with E-state index in [2.05, 4.69) is 4.98 Å². The van der Waals surface area contributed by atoms with Gasteiger partial charge in [-0.25, -0.2) is 4.98 Å². The first-order valence-electron chi connectivity index (χ1n) is 7.31. The van der Waals surface area contributed by atoms with E-state index in [1.807, 2.05) is 30.3 Å². The van der Waals surface area contributed by atoms with Crippen molar-refractivity contribution in [2.24, 2.45) is 0 Å². The Balaban J connectivity index is 1.74. The Labute approximate surface area is 135 Å². The second-order valence-corrected chi connectivity index (χ2v) is 6.43. The van der Waals surface area contributed by atoms with Crippen LogP contribution in [0.2, 0.25) is 0 Å². The molecule has 1 aliphatic rings. The minimum atomic E-state index is -4.38. The fourth-order valence-electron chi connectivity index (χ4n) is 2.76. The van der Waals surface area contributed by atoms with Crippen LogP contribution in [-0.4, -0.2) is 34.6 Å². The highest BCUT2D eigenvalue weighted by atomic mass is 32.1. The summed E-state index contributed by atoms with van der Waals surface area (Å²) in [5.74, 6) is -0.625. The molecule has 3 nitrogen and oxygen atoms in total. The monoisotopic (exact) mass is 340 g/mol. The Bertz CT molecular complexity index is 684. The van der Waals surface area contributed by atoms with Crippen molar-refractivity contribution in [3.63, 3.8) is 0 Å². The Hall–Kier alpha value is -1.89. The quantitative estimate of drug-likeness (QED) is 0.849. The first-order chi connectivity index (χ1) is 10.9. The van der Waals surface area contributed by atoms with Crippen molar-refractivity contribution < 1.29 is 18.0 Å². The second-order valence-electron chi connectivity index (χ2n) is 5.49. The van der Waals surface area contributed by atoms with Crippen LogP contribution in [0, 0.1) is 0 Å². The van der Waals surface area contributed by atoms with Crippen molar-refractivity contribution in [1.82, 2.24) is 9.88 Å². The maximum atomic E-state index is 13.0. The van der Waals surface area contributed by atoms with Crippen LogP contribution in [0.5, 0.6) is 0 Å². The molecule has 1 fully saturated rings. The van der Waals surface area contributed by atoms with Gasteiger partial charge in [-0.1, -0.05) is 30.3 Å². The number of likely N-dealkylation sites (tertiary alicyclic amines) is 1. The number of halogens is 3. The Morgan fingerprint density at radius 1 is 1.30 bits per heavy atom. The third kappa shape index (κ3) is 3.55. The standard InChI is InChI=1S/C16H15F3N2OS/c17-16(18,19)13-7-4-8-21(13)15(22)12-10-23-14(20-12)9-11-5-2-1-3-6-11/h1-3,5-6,10,13H,4,7-9H2. The molecule has 122 valence electrons. The molecule has 0 spiro atoms. The number of rotatable bonds is 3. The summed E-state index contributed by atoms with van der Waals surface area (Å²) >= 11 is 1.30. The average Bonchev–Trinajstić information content (AvgIpc) is 3.16. The first-order valence-corrected chi connectivity index (χ1v) is 8.19. The van der Waals surface area contributed by atoms with Gasteiger partial charge < -0.3 is 4.90 Å². The molecule has 1 amide bonds. The average molecular weight is 340 g/mol. The lowest BCUT2D eigenvalue weighted by Gasteiger charge is -2.25. The molecule has 2 heterocycles. The summed E-state index contributed by atoms with van der Waals surface area (Å²) in [6.45, 7) is 0.133. The number of amides is 1. The summed E-state index contributed by atoms with van der Waals surface area (Å²) in [7, 11) is 0. The zero-order chi connectivity index (χ0) is 16.4. The molecule has 1 aromatic carbocycles. The van der Waals surface area contributed by atoms with Gasteiger partial charge in [0.2, 0.25) is 0 Å². The van der Waals surface area contributed by atoms with Gasteiger partial charge in [0.1, 0.15) is 11.7 Å². The van der Waals surface area contributed by atoms with Crippen molar-refractivity contribution in [2.75, 3.05) is 6.54 Å². The molecule has 1 unspecified atom stereocenters. The lowest BCUT2D eigenvalue weighted by molar-refractivity contribution is -0.169. The maximum absolute atomic E-state index is 13.0. The highest BCUT2D eigenvalue weighted by Crippen LogP contribution is 2.33. The lowest BCUT2D eigenvalue weighted by Crippen LogP contribution is -2.44. The van der Waals surface area contributed by atoms with E-state index in [9.17, 15) is 18.0 Å². The lowest BCUT2D eigenvalue weighted by atomic mass is 10.2. The third-order valence-electron chi connectivity index (χ3n) is 3.86. The van der Waals surface area contributed by atoms with E-state index in [-0.39, 0.29) is 18.7 Å². The van der Waals surface area contributed by atoms with Gasteiger partial charge in [-0.05, 0) is 18.4 Å². The van der Waals surface area contributed by atoms with Gasteiger partial charge >= 0.3 is 6.18 Å². The second kappa shape index (κ2) is 6.31. The van der Waals surface area contributed by atoms with E-state index in [1.54, 1.807) is 5.38 Å². The molecular weight excluding hydrogens is 325 g/mol. The number of hydrogen-bond donors (Lipinski definition) is 0. The topological polar surface area (TPSA) is 33.2 Å². The minimum absolute atomic E-state index is 0.0315. The number of hydrogen-bond acceptors (Lipinski definition) is 3. The van der Waals surface area contributed by atoms with Gasteiger partial charge in [0, 0.05) is 18.3 Å². The van der Waals surface area contributed by atoms with Crippen LogP contribution >= 0.6 is 11.3 Å². The molecule has 7 heteroatoms. The van der Waals surface area contributed by atoms with E-state index in [0.29, 0.717) is 12.8 Å². The van der Waals surface area contributed by atoms with E-state index in [4.69, 9.17) is 0 Å². The number of carbonyl (C=O) groups excluding carboxylic acids is 1. The number of nitrogens with zero attached hydrogens (tertiary/aromatic N) is 2. The van der Waals surface area contributed by atoms with Crippen molar-refractivity contribution in [2.45, 2.75) is 31.5 Å². The summed E-state index contributed by atoms with van der Waals surface area (Å²) in [5.41, 5.74) is 1.16. The van der Waals surface area contributed by atoms with Gasteiger partial charge in [0.05, 0.1) is 5.01 Å². The largest absolute Gasteiger partial charge is 0.408 e. The molecule has 1 aromatic heterocycles. The zero-order valence-corrected chi connectivity index (χ0v) is 13.0. The smallest absolute Gasteiger partial charge is 0.325 e. The molecule has 0 saturated carbocycles. The molecule has 0 N–H and O–H groups in total. The molecule has 0 aliphatic carbocycles. The maximum Gasteiger partial charge on any atom is 0.408 e. The molecule has 3 rings (SSSR count). The first kappa shape index (κ1) is 16.0. The number of thiazole rings is 1. The summed E-state index contributed by atoms with van der Waals surface area (Å²) in [6.07, 6.45) is -3.47. The molecule has 23 heavy (non-hydrogen) atoms. The minimum Gasteiger partial charge on any atom is -0.325 e. The Kier molecular flexibility index (Phi) is 4.39. The van der Waals surface area contributed by atoms with Gasteiger partial charge in [0.25, 0.3) is 5.91 Å². The van der Waals surface area contributed by atoms with Crippen LogP contribution in [-0.2, 0) is 6.42 Å². The SMILES string of the molecule is O=C(c1csc(Cc2ccccc2)n1)N1CCCC1C(F)(F)F. The van der Waals surface area contributed by atoms with Crippen LogP contribution in [0.25, 0.3) is 0 Å². The van der Waals surface area contributed by atoms with Gasteiger partial charge in [-0.3, -0.25) is 4.79 Å². The molecule has 2 aromatic rings. The van der Waals surface area contributed by atoms with Crippen LogP contribution in [0.15, 0.2) is 35.7 Å². The fourth-order valence-corrected chi connectivity index (χ4v) is 3.56. The van der Waals surface area contributed by atoms with Crippen molar-refractivity contribution >= 4 is 17.2 Å². The van der Waals surface area contributed by atoms with Gasteiger partial charge in [-0.15, -0.1) is 11.3 Å². The molecule has 1 aliphatic heterocycles. The van der Waals surface area contributed by atoms with E-state index >= 15 is 0 Å². The Morgan fingerprint density at radius 3 is 2.74 bits per heavy atom. The van der Waals surface area contributed by atoms with Crippen LogP contribution in [0.3, 0.4) is 0 Å². The van der Waals surface area contributed by atoms with Crippen LogP contribution in [0.1, 0.15) is 33.9 Å². The number of benzene rings is 1. The zero-order valence-electron chi connectivity index (χ0n) is 12.2. The van der Waals surface area contributed by atoms with Gasteiger partial charge in [-0.2, -0.15) is 13.2 Å². The summed E-state index contributed by atoms with van der Waals surface area (Å²) in [4.78, 5) is 17.5. The van der Waals surface area contributed by atoms with Crippen LogP contribution in [0.4, 0.5) is 13.2 Å². The van der Waals surface area contributed by atoms with Crippen molar-refractivity contribution in [1.29, 1.82) is 0 Å². The van der Waals surface area contributed by atoms with Crippen molar-refractivity contribution in [3.05, 3.63) is 52.0 Å². The fraction of sp³-hybridized carbons (Fsp3) is 0.375. The molecule has 1 atom stereocenters. The normalized spacial score (nSPS) is 18.4. The Morgan fingerprint density at radius 2 is 2.04 bits per heavy atom. The van der Waals surface area contributed by atoms with Gasteiger partial charge in [0.15, 0.2) is 0 Å². The number of aromatic nitrogens is 1. The van der Waals surface area contributed by atoms with E-state index in [1.165, 1.54) is 11.3 Å². The highest BCUT2D eigenvalue weighted by molar-refractivity contribution is 7.09. The van der Waals surface area contributed by atoms with Crippen molar-refractivity contribution in [3.8, 4) is 0 Å². The molecular formula is C16H15F3N2OS. The molecule has 0 bridgehead atoms. The van der Waals surface area contributed by atoms with Crippen LogP contribution < -0.4 is 0 Å². The predicted octanol–water partition coefficient (Wildman–Crippen LogP) is 3.90. The van der Waals surface area contributed by atoms with E-state index in [0.717, 1.165) is 15.5 Å². The number of alkyl halides is 3. The summed E-state index contributed by atoms with van der Waals surface area (Å²) < 4.78 is 38.9. The highest BCUT2D eigenvalue weighted by Gasteiger charge is 2.48. The molecule has 0 radical (unpaired) electrons. The molecule has 1 saturated heterocycles.